The highest BCUT2D eigenvalue weighted by Gasteiger charge is 2.58. The van der Waals surface area contributed by atoms with Crippen LogP contribution in [0.25, 0.3) is 0 Å². The van der Waals surface area contributed by atoms with Crippen LogP contribution in [0.4, 0.5) is 0 Å². The van der Waals surface area contributed by atoms with Crippen LogP contribution in [0.2, 0.25) is 0 Å². The Hall–Kier alpha value is -0.160. The molecule has 10 rings (SSSR count). The number of hydrogen-bond donors (Lipinski definition) is 2. The van der Waals surface area contributed by atoms with E-state index in [9.17, 15) is 0 Å². The summed E-state index contributed by atoms with van der Waals surface area (Å²) in [5.74, 6) is 8.12. The normalized spacial score (nSPS) is 48.8. The monoisotopic (exact) mass is 687 g/mol. The number of nitrogens with one attached hydrogen (secondary N) is 2. The molecule has 2 heterocycles. The van der Waals surface area contributed by atoms with Gasteiger partial charge in [0.25, 0.3) is 0 Å². The quantitative estimate of drug-likeness (QED) is 0.291. The summed E-state index contributed by atoms with van der Waals surface area (Å²) in [6.45, 7) is 0. The number of nitrogens with zero attached hydrogens (tertiary/aromatic N) is 2. The number of rotatable bonds is 6. The lowest BCUT2D eigenvalue weighted by Gasteiger charge is -2.64. The van der Waals surface area contributed by atoms with Crippen LogP contribution in [0.15, 0.2) is 0 Å². The summed E-state index contributed by atoms with van der Waals surface area (Å²) in [5, 5.41) is 8.93. The Morgan fingerprint density at radius 2 is 0.680 bits per heavy atom. The topological polar surface area (TPSA) is 30.5 Å². The van der Waals surface area contributed by atoms with Crippen molar-refractivity contribution < 1.29 is 0 Å². The number of hydrogen-bond acceptors (Lipinski definition) is 4. The zero-order chi connectivity index (χ0) is 33.0. The lowest BCUT2D eigenvalue weighted by Crippen LogP contribution is -2.68. The van der Waals surface area contributed by atoms with Gasteiger partial charge < -0.3 is 0 Å². The van der Waals surface area contributed by atoms with E-state index in [1.54, 1.807) is 38.5 Å². The zero-order valence-electron chi connectivity index (χ0n) is 32.3. The van der Waals surface area contributed by atoms with E-state index in [0.29, 0.717) is 12.3 Å². The molecule has 50 heavy (non-hydrogen) atoms. The second-order valence-corrected chi connectivity index (χ2v) is 20.7. The van der Waals surface area contributed by atoms with Gasteiger partial charge in [0, 0.05) is 36.3 Å². The van der Waals surface area contributed by atoms with E-state index in [1.165, 1.54) is 154 Å². The van der Waals surface area contributed by atoms with Crippen molar-refractivity contribution in [2.45, 2.75) is 241 Å². The molecule has 0 aromatic carbocycles. The van der Waals surface area contributed by atoms with Gasteiger partial charge in [-0.1, -0.05) is 64.2 Å². The van der Waals surface area contributed by atoms with Crippen LogP contribution in [0.5, 0.6) is 0 Å². The van der Waals surface area contributed by atoms with Gasteiger partial charge in [-0.25, -0.2) is 0 Å². The Balaban J connectivity index is 0.931. The highest BCUT2D eigenvalue weighted by Crippen LogP contribution is 2.62. The van der Waals surface area contributed by atoms with Crippen molar-refractivity contribution >= 4 is 0 Å². The highest BCUT2D eigenvalue weighted by molar-refractivity contribution is 5.10. The Labute approximate surface area is 308 Å². The van der Waals surface area contributed by atoms with Gasteiger partial charge in [0.05, 0.1) is 12.3 Å². The molecule has 8 aliphatic carbocycles. The third-order valence-corrected chi connectivity index (χ3v) is 18.6. The molecule has 10 aliphatic rings. The zero-order valence-corrected chi connectivity index (χ0v) is 32.3. The molecule has 282 valence electrons. The maximum Gasteiger partial charge on any atom is 0.0604 e. The van der Waals surface area contributed by atoms with Crippen molar-refractivity contribution in [1.82, 2.24) is 20.4 Å². The maximum absolute atomic E-state index is 4.46. The first kappa shape index (κ1) is 34.3. The van der Waals surface area contributed by atoms with Crippen LogP contribution in [-0.4, -0.2) is 58.4 Å². The van der Waals surface area contributed by atoms with Crippen molar-refractivity contribution in [2.24, 2.45) is 47.3 Å². The van der Waals surface area contributed by atoms with Crippen molar-refractivity contribution in [3.8, 4) is 0 Å². The average molecular weight is 687 g/mol. The Morgan fingerprint density at radius 1 is 0.300 bits per heavy atom. The molecular formula is C46H78N4. The fraction of sp³-hybridized carbons (Fsp3) is 1.00. The average Bonchev–Trinajstić information content (AvgIpc) is 3.19. The van der Waals surface area contributed by atoms with Crippen molar-refractivity contribution in [3.05, 3.63) is 0 Å². The lowest BCUT2D eigenvalue weighted by molar-refractivity contribution is -0.154. The van der Waals surface area contributed by atoms with E-state index in [-0.39, 0.29) is 0 Å². The van der Waals surface area contributed by atoms with Crippen LogP contribution in [0, 0.1) is 47.3 Å². The highest BCUT2D eigenvalue weighted by atomic mass is 15.3. The molecule has 0 spiro atoms. The molecule has 4 heteroatoms. The molecule has 0 aromatic heterocycles. The summed E-state index contributed by atoms with van der Waals surface area (Å²) in [4.78, 5) is 6.63. The molecule has 4 nitrogen and oxygen atoms in total. The maximum atomic E-state index is 4.46. The predicted molar refractivity (Wildman–Crippen MR) is 207 cm³/mol. The van der Waals surface area contributed by atoms with E-state index in [1.807, 2.05) is 0 Å². The van der Waals surface area contributed by atoms with Crippen LogP contribution in [0.3, 0.4) is 0 Å². The van der Waals surface area contributed by atoms with Gasteiger partial charge in [0.15, 0.2) is 0 Å². The first-order valence-corrected chi connectivity index (χ1v) is 23.9. The smallest absolute Gasteiger partial charge is 0.0604 e. The van der Waals surface area contributed by atoms with E-state index in [4.69, 9.17) is 0 Å². The first-order valence-electron chi connectivity index (χ1n) is 23.9. The van der Waals surface area contributed by atoms with Crippen LogP contribution in [-0.2, 0) is 0 Å². The summed E-state index contributed by atoms with van der Waals surface area (Å²) in [7, 11) is 0. The van der Waals surface area contributed by atoms with E-state index in [0.717, 1.165) is 83.6 Å². The standard InChI is InChI=1S/C46H78N4/c1-3-13-35(14-4-1)49(43-29-23-31-11-7-9-17-39(31)47-43)41-27-21-33-20-26-38-42(28-22-34-19-25-37(41)45(33)46(34)38)50(36-15-5-2-6-16-36)44-30-24-32-12-8-10-18-40(32)48-44/h31-48H,1-30H2. The summed E-state index contributed by atoms with van der Waals surface area (Å²) in [5.41, 5.74) is 0. The fourth-order valence-corrected chi connectivity index (χ4v) is 16.7. The molecule has 0 radical (unpaired) electrons. The van der Waals surface area contributed by atoms with Crippen LogP contribution >= 0.6 is 0 Å². The number of piperidine rings is 2. The SMILES string of the molecule is C1CCC(N(C2CCC3CCCCC3N2)C2CCC3CCC4C5C(CCC2C35)CCC4N(C2CCCCC2)C2CCC3CCCCC3N2)CC1. The van der Waals surface area contributed by atoms with Gasteiger partial charge in [-0.15, -0.1) is 0 Å². The van der Waals surface area contributed by atoms with Crippen molar-refractivity contribution in [1.29, 1.82) is 0 Å². The van der Waals surface area contributed by atoms with Gasteiger partial charge in [-0.05, 0) is 176 Å². The molecule has 2 N–H and O–H groups in total. The molecule has 10 fully saturated rings. The second-order valence-electron chi connectivity index (χ2n) is 20.7. The minimum atomic E-state index is 0.679. The molecule has 8 saturated carbocycles. The molecule has 2 saturated heterocycles. The van der Waals surface area contributed by atoms with Crippen molar-refractivity contribution in [2.75, 3.05) is 0 Å². The second kappa shape index (κ2) is 15.2. The molecule has 0 amide bonds. The third-order valence-electron chi connectivity index (χ3n) is 18.6. The lowest BCUT2D eigenvalue weighted by atomic mass is 9.46. The molecule has 2 aliphatic heterocycles. The molecular weight excluding hydrogens is 609 g/mol. The summed E-state index contributed by atoms with van der Waals surface area (Å²) < 4.78 is 0. The predicted octanol–water partition coefficient (Wildman–Crippen LogP) is 10.4. The summed E-state index contributed by atoms with van der Waals surface area (Å²) in [6, 6.07) is 5.11. The third kappa shape index (κ3) is 6.42. The van der Waals surface area contributed by atoms with Gasteiger partial charge in [-0.2, -0.15) is 0 Å². The van der Waals surface area contributed by atoms with E-state index < -0.39 is 0 Å². The summed E-state index contributed by atoms with van der Waals surface area (Å²) in [6.07, 6.45) is 46.5. The Morgan fingerprint density at radius 3 is 1.14 bits per heavy atom. The van der Waals surface area contributed by atoms with E-state index in [2.05, 4.69) is 20.4 Å². The minimum absolute atomic E-state index is 0.679. The molecule has 0 bridgehead atoms. The summed E-state index contributed by atoms with van der Waals surface area (Å²) >= 11 is 0. The molecule has 14 unspecified atom stereocenters. The Bertz CT molecular complexity index is 1030. The number of fused-ring (bicyclic) bond motifs is 2. The van der Waals surface area contributed by atoms with Gasteiger partial charge >= 0.3 is 0 Å². The van der Waals surface area contributed by atoms with E-state index >= 15 is 0 Å². The van der Waals surface area contributed by atoms with Crippen LogP contribution < -0.4 is 10.6 Å². The fourth-order valence-electron chi connectivity index (χ4n) is 16.7. The van der Waals surface area contributed by atoms with Crippen molar-refractivity contribution in [3.63, 3.8) is 0 Å². The van der Waals surface area contributed by atoms with Crippen LogP contribution in [0.1, 0.15) is 193 Å². The largest absolute Gasteiger partial charge is 0.299 e. The van der Waals surface area contributed by atoms with Gasteiger partial charge in [0.1, 0.15) is 0 Å². The molecule has 14 atom stereocenters. The first-order chi connectivity index (χ1) is 24.8. The molecule has 0 aromatic rings. The van der Waals surface area contributed by atoms with Gasteiger partial charge in [-0.3, -0.25) is 20.4 Å². The Kier molecular flexibility index (Phi) is 10.4. The van der Waals surface area contributed by atoms with Gasteiger partial charge in [0.2, 0.25) is 0 Å². The minimum Gasteiger partial charge on any atom is -0.299 e.